The molecule has 5 nitrogen and oxygen atoms in total. The van der Waals surface area contributed by atoms with E-state index in [1.807, 2.05) is 13.0 Å². The van der Waals surface area contributed by atoms with E-state index in [0.29, 0.717) is 24.5 Å². The lowest BCUT2D eigenvalue weighted by Gasteiger charge is -2.16. The van der Waals surface area contributed by atoms with Gasteiger partial charge in [0.2, 0.25) is 0 Å². The average Bonchev–Trinajstić information content (AvgIpc) is 2.40. The van der Waals surface area contributed by atoms with Crippen molar-refractivity contribution in [1.82, 2.24) is 15.6 Å². The molecule has 6 heteroatoms. The number of amides is 2. The zero-order valence-electron chi connectivity index (χ0n) is 11.0. The van der Waals surface area contributed by atoms with Gasteiger partial charge in [-0.25, -0.2) is 9.78 Å². The lowest BCUT2D eigenvalue weighted by atomic mass is 10.1. The first-order valence-corrected chi connectivity index (χ1v) is 6.79. The zero-order chi connectivity index (χ0) is 14.1. The van der Waals surface area contributed by atoms with Crippen LogP contribution in [0.1, 0.15) is 25.3 Å². The minimum atomic E-state index is -0.206. The summed E-state index contributed by atoms with van der Waals surface area (Å²) in [6.07, 6.45) is 3.77. The number of hydrogen-bond donors (Lipinski definition) is 3. The molecule has 0 bridgehead atoms. The molecule has 0 fully saturated rings. The van der Waals surface area contributed by atoms with E-state index in [2.05, 4.69) is 15.6 Å². The Morgan fingerprint density at radius 1 is 1.53 bits per heavy atom. The highest BCUT2D eigenvalue weighted by Crippen LogP contribution is 2.05. The largest absolute Gasteiger partial charge is 0.396 e. The van der Waals surface area contributed by atoms with Crippen LogP contribution in [-0.4, -0.2) is 35.3 Å². The molecule has 1 atom stereocenters. The maximum absolute atomic E-state index is 11.6. The van der Waals surface area contributed by atoms with Gasteiger partial charge in [-0.05, 0) is 30.9 Å². The van der Waals surface area contributed by atoms with Gasteiger partial charge in [0.15, 0.2) is 0 Å². The summed E-state index contributed by atoms with van der Waals surface area (Å²) < 4.78 is 0. The predicted molar refractivity (Wildman–Crippen MR) is 75.3 cm³/mol. The molecule has 19 heavy (non-hydrogen) atoms. The number of nitrogens with zero attached hydrogens (tertiary/aromatic N) is 1. The number of aliphatic hydroxyl groups is 1. The minimum absolute atomic E-state index is 0.0159. The van der Waals surface area contributed by atoms with Crippen molar-refractivity contribution in [3.8, 4) is 0 Å². The number of nitrogens with one attached hydrogen (secondary N) is 2. The summed E-state index contributed by atoms with van der Waals surface area (Å²) >= 11 is 5.69. The fraction of sp³-hybridized carbons (Fsp3) is 0.538. The molecular weight excluding hydrogens is 266 g/mol. The van der Waals surface area contributed by atoms with Crippen molar-refractivity contribution < 1.29 is 9.90 Å². The number of aromatic nitrogens is 1. The van der Waals surface area contributed by atoms with Gasteiger partial charge >= 0.3 is 6.03 Å². The van der Waals surface area contributed by atoms with Gasteiger partial charge in [0, 0.05) is 25.4 Å². The van der Waals surface area contributed by atoms with Gasteiger partial charge in [0.05, 0.1) is 0 Å². The van der Waals surface area contributed by atoms with E-state index < -0.39 is 0 Å². The van der Waals surface area contributed by atoms with Crippen LogP contribution in [0.5, 0.6) is 0 Å². The van der Waals surface area contributed by atoms with E-state index >= 15 is 0 Å². The van der Waals surface area contributed by atoms with E-state index in [0.717, 1.165) is 12.0 Å². The quantitative estimate of drug-likeness (QED) is 0.668. The molecule has 0 saturated carbocycles. The molecule has 106 valence electrons. The Bertz CT molecular complexity index is 384. The lowest BCUT2D eigenvalue weighted by molar-refractivity contribution is 0.228. The van der Waals surface area contributed by atoms with Crippen molar-refractivity contribution >= 4 is 17.6 Å². The van der Waals surface area contributed by atoms with Crippen LogP contribution in [0.25, 0.3) is 0 Å². The number of halogens is 1. The highest BCUT2D eigenvalue weighted by molar-refractivity contribution is 6.29. The van der Waals surface area contributed by atoms with Crippen molar-refractivity contribution in [2.75, 3.05) is 13.2 Å². The Hall–Kier alpha value is -1.33. The predicted octanol–water partition coefficient (Wildman–Crippen LogP) is 1.74. The molecule has 1 aromatic heterocycles. The van der Waals surface area contributed by atoms with Crippen molar-refractivity contribution in [1.29, 1.82) is 0 Å². The molecule has 0 radical (unpaired) electrons. The number of hydrogen-bond acceptors (Lipinski definition) is 3. The van der Waals surface area contributed by atoms with Crippen LogP contribution in [0.3, 0.4) is 0 Å². The highest BCUT2D eigenvalue weighted by atomic mass is 35.5. The fourth-order valence-corrected chi connectivity index (χ4v) is 1.76. The summed E-state index contributed by atoms with van der Waals surface area (Å²) in [6.45, 7) is 2.58. The Morgan fingerprint density at radius 2 is 2.32 bits per heavy atom. The molecule has 0 aliphatic rings. The minimum Gasteiger partial charge on any atom is -0.396 e. The summed E-state index contributed by atoms with van der Waals surface area (Å²) in [5.74, 6) is 0. The van der Waals surface area contributed by atoms with E-state index in [1.54, 1.807) is 12.3 Å². The van der Waals surface area contributed by atoms with Gasteiger partial charge in [-0.15, -0.1) is 0 Å². The highest BCUT2D eigenvalue weighted by Gasteiger charge is 2.08. The monoisotopic (exact) mass is 285 g/mol. The van der Waals surface area contributed by atoms with Gasteiger partial charge in [-0.1, -0.05) is 24.6 Å². The third kappa shape index (κ3) is 6.40. The Labute approximate surface area is 118 Å². The topological polar surface area (TPSA) is 74.2 Å². The Kier molecular flexibility index (Phi) is 7.22. The number of urea groups is 1. The molecule has 2 amide bonds. The average molecular weight is 286 g/mol. The molecule has 1 heterocycles. The number of carbonyl (C=O) groups is 1. The maximum Gasteiger partial charge on any atom is 0.315 e. The second-order valence-corrected chi connectivity index (χ2v) is 4.64. The number of pyridine rings is 1. The van der Waals surface area contributed by atoms with Gasteiger partial charge in [0.1, 0.15) is 5.15 Å². The molecule has 0 aliphatic carbocycles. The summed E-state index contributed by atoms with van der Waals surface area (Å²) in [6, 6.07) is 3.42. The van der Waals surface area contributed by atoms with Crippen molar-refractivity contribution in [3.63, 3.8) is 0 Å². The third-order valence-electron chi connectivity index (χ3n) is 2.79. The molecular formula is C13H20ClN3O2. The first-order valence-electron chi connectivity index (χ1n) is 6.41. The molecule has 0 saturated heterocycles. The molecule has 1 unspecified atom stereocenters. The second kappa shape index (κ2) is 8.72. The lowest BCUT2D eigenvalue weighted by Crippen LogP contribution is -2.42. The summed E-state index contributed by atoms with van der Waals surface area (Å²) in [4.78, 5) is 15.6. The van der Waals surface area contributed by atoms with Crippen LogP contribution < -0.4 is 10.6 Å². The fourth-order valence-electron chi connectivity index (χ4n) is 1.65. The standard InChI is InChI=1S/C13H20ClN3O2/c1-2-11(6-8-18)17-13(19)15-7-5-10-3-4-12(14)16-9-10/h3-4,9,11,18H,2,5-8H2,1H3,(H2,15,17,19). The number of carbonyl (C=O) groups excluding carboxylic acids is 1. The molecule has 0 aromatic carbocycles. The Morgan fingerprint density at radius 3 is 2.89 bits per heavy atom. The molecule has 0 aliphatic heterocycles. The second-order valence-electron chi connectivity index (χ2n) is 4.26. The van der Waals surface area contributed by atoms with Crippen LogP contribution in [0.4, 0.5) is 4.79 Å². The van der Waals surface area contributed by atoms with Crippen LogP contribution in [0, 0.1) is 0 Å². The van der Waals surface area contributed by atoms with Gasteiger partial charge in [-0.2, -0.15) is 0 Å². The summed E-state index contributed by atoms with van der Waals surface area (Å²) in [5.41, 5.74) is 1.02. The number of aliphatic hydroxyl groups excluding tert-OH is 1. The van der Waals surface area contributed by atoms with E-state index in [1.165, 1.54) is 0 Å². The van der Waals surface area contributed by atoms with Gasteiger partial charge in [0.25, 0.3) is 0 Å². The van der Waals surface area contributed by atoms with E-state index in [4.69, 9.17) is 16.7 Å². The zero-order valence-corrected chi connectivity index (χ0v) is 11.8. The van der Waals surface area contributed by atoms with Gasteiger partial charge < -0.3 is 15.7 Å². The first kappa shape index (κ1) is 15.7. The summed E-state index contributed by atoms with van der Waals surface area (Å²) in [7, 11) is 0. The summed E-state index contributed by atoms with van der Waals surface area (Å²) in [5, 5.41) is 14.9. The van der Waals surface area contributed by atoms with Crippen LogP contribution >= 0.6 is 11.6 Å². The van der Waals surface area contributed by atoms with Crippen LogP contribution in [0.15, 0.2) is 18.3 Å². The van der Waals surface area contributed by atoms with Crippen molar-refractivity contribution in [2.45, 2.75) is 32.2 Å². The van der Waals surface area contributed by atoms with Crippen LogP contribution in [0.2, 0.25) is 5.15 Å². The Balaban J connectivity index is 2.24. The maximum atomic E-state index is 11.6. The van der Waals surface area contributed by atoms with E-state index in [9.17, 15) is 4.79 Å². The van der Waals surface area contributed by atoms with E-state index in [-0.39, 0.29) is 18.7 Å². The molecule has 0 spiro atoms. The molecule has 3 N–H and O–H groups in total. The number of rotatable bonds is 7. The SMILES string of the molecule is CCC(CCO)NC(=O)NCCc1ccc(Cl)nc1. The van der Waals surface area contributed by atoms with Gasteiger partial charge in [-0.3, -0.25) is 0 Å². The molecule has 1 aromatic rings. The third-order valence-corrected chi connectivity index (χ3v) is 3.02. The van der Waals surface area contributed by atoms with Crippen LogP contribution in [-0.2, 0) is 6.42 Å². The molecule has 1 rings (SSSR count). The van der Waals surface area contributed by atoms with Crippen molar-refractivity contribution in [2.24, 2.45) is 0 Å². The first-order chi connectivity index (χ1) is 9.15. The van der Waals surface area contributed by atoms with Crippen molar-refractivity contribution in [3.05, 3.63) is 29.0 Å². The normalized spacial score (nSPS) is 11.9. The smallest absolute Gasteiger partial charge is 0.315 e.